The lowest BCUT2D eigenvalue weighted by Crippen LogP contribution is -2.35. The van der Waals surface area contributed by atoms with E-state index in [4.69, 9.17) is 0 Å². The first kappa shape index (κ1) is 12.7. The predicted molar refractivity (Wildman–Crippen MR) is 74.5 cm³/mol. The molecule has 1 atom stereocenters. The predicted octanol–water partition coefficient (Wildman–Crippen LogP) is 3.12. The van der Waals surface area contributed by atoms with Crippen LogP contribution in [0.5, 0.6) is 5.75 Å². The van der Waals surface area contributed by atoms with Gasteiger partial charge in [0, 0.05) is 11.7 Å². The minimum atomic E-state index is -0.536. The number of rotatable bonds is 1. The Hall–Kier alpha value is -2.36. The summed E-state index contributed by atoms with van der Waals surface area (Å²) in [4.78, 5) is 14.2. The monoisotopic (exact) mass is 271 g/mol. The molecule has 0 radical (unpaired) electrons. The van der Waals surface area contributed by atoms with E-state index >= 15 is 0 Å². The molecule has 1 aliphatic rings. The van der Waals surface area contributed by atoms with E-state index in [2.05, 4.69) is 0 Å². The summed E-state index contributed by atoms with van der Waals surface area (Å²) in [5.41, 5.74) is 1.91. The van der Waals surface area contributed by atoms with Gasteiger partial charge in [-0.05, 0) is 43.2 Å². The number of phenolic OH excluding ortho intramolecular Hbond substituents is 1. The van der Waals surface area contributed by atoms with Crippen LogP contribution in [0.3, 0.4) is 0 Å². The van der Waals surface area contributed by atoms with Crippen LogP contribution in [0.15, 0.2) is 42.5 Å². The van der Waals surface area contributed by atoms with Gasteiger partial charge in [0.1, 0.15) is 11.6 Å². The molecule has 0 bridgehead atoms. The van der Waals surface area contributed by atoms with Gasteiger partial charge in [-0.1, -0.05) is 18.2 Å². The van der Waals surface area contributed by atoms with Gasteiger partial charge in [-0.2, -0.15) is 0 Å². The largest absolute Gasteiger partial charge is 0.507 e. The number of hydrogen-bond acceptors (Lipinski definition) is 2. The number of halogens is 1. The summed E-state index contributed by atoms with van der Waals surface area (Å²) in [7, 11) is 0. The Morgan fingerprint density at radius 1 is 1.30 bits per heavy atom. The van der Waals surface area contributed by atoms with Crippen molar-refractivity contribution in [2.75, 3.05) is 4.90 Å². The van der Waals surface area contributed by atoms with Crippen LogP contribution in [-0.4, -0.2) is 17.1 Å². The van der Waals surface area contributed by atoms with Gasteiger partial charge in [0.15, 0.2) is 0 Å². The molecule has 0 spiro atoms. The molecule has 1 N–H and O–H groups in total. The highest BCUT2D eigenvalue weighted by Crippen LogP contribution is 2.34. The second-order valence-corrected chi connectivity index (χ2v) is 5.02. The van der Waals surface area contributed by atoms with Gasteiger partial charge >= 0.3 is 0 Å². The molecular formula is C16H14FNO2. The van der Waals surface area contributed by atoms with Crippen LogP contribution in [0.2, 0.25) is 0 Å². The van der Waals surface area contributed by atoms with Crippen LogP contribution >= 0.6 is 0 Å². The fraction of sp³-hybridized carbons (Fsp3) is 0.188. The Bertz CT molecular complexity index is 684. The Morgan fingerprint density at radius 3 is 2.85 bits per heavy atom. The number of anilines is 1. The van der Waals surface area contributed by atoms with Crippen molar-refractivity contribution in [3.8, 4) is 5.75 Å². The maximum absolute atomic E-state index is 13.3. The van der Waals surface area contributed by atoms with E-state index in [1.807, 2.05) is 31.2 Å². The Morgan fingerprint density at radius 2 is 2.05 bits per heavy atom. The lowest BCUT2D eigenvalue weighted by molar-refractivity contribution is 0.0978. The zero-order valence-corrected chi connectivity index (χ0v) is 11.0. The first-order chi connectivity index (χ1) is 9.58. The van der Waals surface area contributed by atoms with Crippen molar-refractivity contribution in [2.45, 2.75) is 19.4 Å². The van der Waals surface area contributed by atoms with Gasteiger partial charge in [0.2, 0.25) is 0 Å². The molecule has 20 heavy (non-hydrogen) atoms. The van der Waals surface area contributed by atoms with Crippen molar-refractivity contribution in [1.82, 2.24) is 0 Å². The third-order valence-corrected chi connectivity index (χ3v) is 3.62. The van der Waals surface area contributed by atoms with Gasteiger partial charge in [-0.3, -0.25) is 4.79 Å². The average Bonchev–Trinajstić information content (AvgIpc) is 2.76. The molecule has 4 heteroatoms. The summed E-state index contributed by atoms with van der Waals surface area (Å²) in [6.45, 7) is 1.94. The molecule has 3 nitrogen and oxygen atoms in total. The molecule has 0 saturated heterocycles. The zero-order valence-electron chi connectivity index (χ0n) is 11.0. The molecule has 1 amide bonds. The van der Waals surface area contributed by atoms with Gasteiger partial charge < -0.3 is 10.0 Å². The molecule has 0 aliphatic carbocycles. The second kappa shape index (κ2) is 4.63. The van der Waals surface area contributed by atoms with E-state index in [0.29, 0.717) is 0 Å². The minimum absolute atomic E-state index is 0.00597. The summed E-state index contributed by atoms with van der Waals surface area (Å²) >= 11 is 0. The van der Waals surface area contributed by atoms with Gasteiger partial charge in [-0.15, -0.1) is 0 Å². The lowest BCUT2D eigenvalue weighted by Gasteiger charge is -2.23. The van der Waals surface area contributed by atoms with E-state index in [1.54, 1.807) is 4.90 Å². The molecule has 2 aromatic carbocycles. The van der Waals surface area contributed by atoms with E-state index in [0.717, 1.165) is 29.8 Å². The van der Waals surface area contributed by atoms with Crippen molar-refractivity contribution in [2.24, 2.45) is 0 Å². The summed E-state index contributed by atoms with van der Waals surface area (Å²) in [5.74, 6) is -1.11. The van der Waals surface area contributed by atoms with Gasteiger partial charge in [0.25, 0.3) is 5.91 Å². The Balaban J connectivity index is 2.05. The standard InChI is InChI=1S/C16H14FNO2/c1-10-8-11-4-2-3-5-14(11)18(10)16(20)13-9-12(17)6-7-15(13)19/h2-7,9-10,19H,8H2,1H3. The lowest BCUT2D eigenvalue weighted by atomic mass is 10.1. The van der Waals surface area contributed by atoms with Crippen LogP contribution in [0.1, 0.15) is 22.8 Å². The van der Waals surface area contributed by atoms with E-state index in [1.165, 1.54) is 6.07 Å². The highest BCUT2D eigenvalue weighted by atomic mass is 19.1. The first-order valence-electron chi connectivity index (χ1n) is 6.48. The number of nitrogens with zero attached hydrogens (tertiary/aromatic N) is 1. The van der Waals surface area contributed by atoms with Gasteiger partial charge in [0.05, 0.1) is 5.56 Å². The second-order valence-electron chi connectivity index (χ2n) is 5.02. The number of benzene rings is 2. The quantitative estimate of drug-likeness (QED) is 0.865. The Labute approximate surface area is 116 Å². The van der Waals surface area contributed by atoms with Crippen LogP contribution in [0, 0.1) is 5.82 Å². The maximum atomic E-state index is 13.3. The average molecular weight is 271 g/mol. The topological polar surface area (TPSA) is 40.5 Å². The number of hydrogen-bond donors (Lipinski definition) is 1. The van der Waals surface area contributed by atoms with Crippen LogP contribution < -0.4 is 4.90 Å². The van der Waals surface area contributed by atoms with E-state index in [-0.39, 0.29) is 23.3 Å². The molecule has 0 fully saturated rings. The number of fused-ring (bicyclic) bond motifs is 1. The molecular weight excluding hydrogens is 257 g/mol. The molecule has 3 rings (SSSR count). The molecule has 1 unspecified atom stereocenters. The number of carbonyl (C=O) groups is 1. The minimum Gasteiger partial charge on any atom is -0.507 e. The summed E-state index contributed by atoms with van der Waals surface area (Å²) in [6, 6.07) is 11.0. The SMILES string of the molecule is CC1Cc2ccccc2N1C(=O)c1cc(F)ccc1O. The normalized spacial score (nSPS) is 17.1. The first-order valence-corrected chi connectivity index (χ1v) is 6.48. The molecule has 2 aromatic rings. The van der Waals surface area contributed by atoms with Crippen molar-refractivity contribution >= 4 is 11.6 Å². The highest BCUT2D eigenvalue weighted by Gasteiger charge is 2.32. The summed E-state index contributed by atoms with van der Waals surface area (Å²) < 4.78 is 13.3. The van der Waals surface area contributed by atoms with Crippen LogP contribution in [0.4, 0.5) is 10.1 Å². The molecule has 0 aromatic heterocycles. The number of amides is 1. The molecule has 0 saturated carbocycles. The van der Waals surface area contributed by atoms with Crippen molar-refractivity contribution < 1.29 is 14.3 Å². The summed E-state index contributed by atoms with van der Waals surface area (Å²) in [5, 5.41) is 9.79. The van der Waals surface area contributed by atoms with E-state index < -0.39 is 5.82 Å². The van der Waals surface area contributed by atoms with E-state index in [9.17, 15) is 14.3 Å². The summed E-state index contributed by atoms with van der Waals surface area (Å²) in [6.07, 6.45) is 0.762. The van der Waals surface area contributed by atoms with Crippen molar-refractivity contribution in [3.63, 3.8) is 0 Å². The zero-order chi connectivity index (χ0) is 14.3. The number of carbonyl (C=O) groups excluding carboxylic acids is 1. The Kier molecular flexibility index (Phi) is 2.93. The van der Waals surface area contributed by atoms with Crippen molar-refractivity contribution in [3.05, 3.63) is 59.4 Å². The highest BCUT2D eigenvalue weighted by molar-refractivity contribution is 6.09. The third kappa shape index (κ3) is 1.93. The van der Waals surface area contributed by atoms with Gasteiger partial charge in [-0.25, -0.2) is 4.39 Å². The molecule has 102 valence electrons. The van der Waals surface area contributed by atoms with Crippen LogP contribution in [0.25, 0.3) is 0 Å². The number of para-hydroxylation sites is 1. The number of phenols is 1. The molecule has 1 heterocycles. The number of aromatic hydroxyl groups is 1. The fourth-order valence-electron chi connectivity index (χ4n) is 2.68. The third-order valence-electron chi connectivity index (χ3n) is 3.62. The maximum Gasteiger partial charge on any atom is 0.262 e. The smallest absolute Gasteiger partial charge is 0.262 e. The molecule has 1 aliphatic heterocycles. The fourth-order valence-corrected chi connectivity index (χ4v) is 2.68. The van der Waals surface area contributed by atoms with Crippen LogP contribution in [-0.2, 0) is 6.42 Å². The van der Waals surface area contributed by atoms with Crippen molar-refractivity contribution in [1.29, 1.82) is 0 Å².